The second kappa shape index (κ2) is 4.21. The molecule has 1 heterocycles. The van der Waals surface area contributed by atoms with Gasteiger partial charge in [-0.15, -0.1) is 0 Å². The highest BCUT2D eigenvalue weighted by Crippen LogP contribution is 2.60. The summed E-state index contributed by atoms with van der Waals surface area (Å²) in [5.74, 6) is 4.99. The Kier molecular flexibility index (Phi) is 2.74. The minimum Gasteiger partial charge on any atom is -0.372 e. The lowest BCUT2D eigenvalue weighted by Gasteiger charge is -2.60. The van der Waals surface area contributed by atoms with Crippen LogP contribution >= 0.6 is 0 Å². The van der Waals surface area contributed by atoms with Crippen molar-refractivity contribution in [2.24, 2.45) is 29.6 Å². The van der Waals surface area contributed by atoms with Gasteiger partial charge in [0.2, 0.25) is 0 Å². The van der Waals surface area contributed by atoms with Crippen LogP contribution < -0.4 is 5.32 Å². The van der Waals surface area contributed by atoms with E-state index < -0.39 is 0 Å². The minimum atomic E-state index is 0.181. The molecule has 0 aromatic carbocycles. The van der Waals surface area contributed by atoms with E-state index in [0.717, 1.165) is 49.3 Å². The van der Waals surface area contributed by atoms with E-state index in [0.29, 0.717) is 0 Å². The monoisotopic (exact) mass is 249 g/mol. The number of rotatable bonds is 2. The third-order valence-corrected chi connectivity index (χ3v) is 6.53. The zero-order valence-electron chi connectivity index (χ0n) is 11.7. The maximum atomic E-state index is 6.38. The summed E-state index contributed by atoms with van der Waals surface area (Å²) in [6.07, 6.45) is 8.82. The maximum absolute atomic E-state index is 6.38. The molecular weight excluding hydrogens is 222 g/mol. The van der Waals surface area contributed by atoms with Crippen LogP contribution in [0.5, 0.6) is 0 Å². The average molecular weight is 249 g/mol. The third kappa shape index (κ3) is 1.61. The van der Waals surface area contributed by atoms with Crippen molar-refractivity contribution >= 4 is 0 Å². The molecule has 0 radical (unpaired) electrons. The van der Waals surface area contributed by atoms with E-state index in [9.17, 15) is 0 Å². The smallest absolute Gasteiger partial charge is 0.0837 e. The van der Waals surface area contributed by atoms with E-state index in [1.54, 1.807) is 6.42 Å². The van der Waals surface area contributed by atoms with Crippen molar-refractivity contribution in [3.05, 3.63) is 0 Å². The summed E-state index contributed by atoms with van der Waals surface area (Å²) in [4.78, 5) is 0. The first-order valence-electron chi connectivity index (χ1n) is 8.15. The Labute approximate surface area is 111 Å². The molecule has 5 fully saturated rings. The van der Waals surface area contributed by atoms with Gasteiger partial charge in [0.1, 0.15) is 0 Å². The van der Waals surface area contributed by atoms with Gasteiger partial charge in [-0.3, -0.25) is 0 Å². The third-order valence-electron chi connectivity index (χ3n) is 6.53. The van der Waals surface area contributed by atoms with Crippen molar-refractivity contribution in [1.82, 2.24) is 5.32 Å². The molecule has 0 spiro atoms. The topological polar surface area (TPSA) is 21.3 Å². The molecule has 0 amide bonds. The molecule has 1 N–H and O–H groups in total. The lowest BCUT2D eigenvalue weighted by atomic mass is 9.48. The van der Waals surface area contributed by atoms with Crippen LogP contribution in [-0.4, -0.2) is 25.3 Å². The number of hydrogen-bond donors (Lipinski definition) is 1. The minimum absolute atomic E-state index is 0.181. The highest BCUT2D eigenvalue weighted by molar-refractivity contribution is 5.06. The van der Waals surface area contributed by atoms with Gasteiger partial charge in [-0.25, -0.2) is 0 Å². The lowest BCUT2D eigenvalue weighted by molar-refractivity contribution is -0.181. The largest absolute Gasteiger partial charge is 0.372 e. The Bertz CT molecular complexity index is 293. The van der Waals surface area contributed by atoms with Crippen LogP contribution in [0.1, 0.15) is 45.4 Å². The first kappa shape index (κ1) is 11.7. The fraction of sp³-hybridized carbons (Fsp3) is 1.00. The van der Waals surface area contributed by atoms with Gasteiger partial charge in [0.15, 0.2) is 0 Å². The summed E-state index contributed by atoms with van der Waals surface area (Å²) in [6.45, 7) is 5.43. The predicted octanol–water partition coefficient (Wildman–Crippen LogP) is 2.83. The Balaban J connectivity index is 1.63. The molecule has 1 unspecified atom stereocenters. The summed E-state index contributed by atoms with van der Waals surface area (Å²) < 4.78 is 6.38. The molecule has 18 heavy (non-hydrogen) atoms. The summed E-state index contributed by atoms with van der Waals surface area (Å²) in [5.41, 5.74) is 0.181. The van der Waals surface area contributed by atoms with E-state index >= 15 is 0 Å². The van der Waals surface area contributed by atoms with Crippen LogP contribution in [0.4, 0.5) is 0 Å². The summed E-state index contributed by atoms with van der Waals surface area (Å²) >= 11 is 0. The second-order valence-corrected chi connectivity index (χ2v) is 7.40. The molecule has 1 aliphatic heterocycles. The van der Waals surface area contributed by atoms with Gasteiger partial charge in [0.25, 0.3) is 0 Å². The van der Waals surface area contributed by atoms with Gasteiger partial charge in [-0.2, -0.15) is 0 Å². The lowest BCUT2D eigenvalue weighted by Crippen LogP contribution is -2.61. The summed E-state index contributed by atoms with van der Waals surface area (Å²) in [5, 5.41) is 3.61. The predicted molar refractivity (Wildman–Crippen MR) is 72.4 cm³/mol. The molecule has 4 saturated carbocycles. The first-order chi connectivity index (χ1) is 8.81. The number of morpholine rings is 1. The van der Waals surface area contributed by atoms with Crippen molar-refractivity contribution in [3.8, 4) is 0 Å². The molecule has 4 aliphatic carbocycles. The van der Waals surface area contributed by atoms with Crippen LogP contribution in [0, 0.1) is 29.6 Å². The van der Waals surface area contributed by atoms with E-state index in [2.05, 4.69) is 12.2 Å². The molecule has 2 nitrogen and oxygen atoms in total. The van der Waals surface area contributed by atoms with Crippen molar-refractivity contribution in [2.75, 3.05) is 19.7 Å². The zero-order valence-corrected chi connectivity index (χ0v) is 11.7. The molecule has 1 atom stereocenters. The van der Waals surface area contributed by atoms with Crippen molar-refractivity contribution in [2.45, 2.75) is 51.0 Å². The maximum Gasteiger partial charge on any atom is 0.0837 e. The Morgan fingerprint density at radius 1 is 1.06 bits per heavy atom. The van der Waals surface area contributed by atoms with Crippen molar-refractivity contribution < 1.29 is 4.74 Å². The number of nitrogens with one attached hydrogen (secondary N) is 1. The molecule has 5 aliphatic rings. The van der Waals surface area contributed by atoms with Crippen LogP contribution in [0.3, 0.4) is 0 Å². The fourth-order valence-corrected chi connectivity index (χ4v) is 6.14. The van der Waals surface area contributed by atoms with Gasteiger partial charge in [0, 0.05) is 13.1 Å². The van der Waals surface area contributed by atoms with E-state index in [-0.39, 0.29) is 5.60 Å². The number of ether oxygens (including phenoxy) is 1. The standard InChI is InChI=1S/C16H27NO/c1-2-16(10-17-3-4-18-16)15-13-6-11-5-12(8-13)9-14(15)7-11/h11-15,17H,2-10H2,1H3. The molecule has 0 aromatic rings. The Morgan fingerprint density at radius 3 is 2.22 bits per heavy atom. The normalized spacial score (nSPS) is 54.8. The van der Waals surface area contributed by atoms with Crippen molar-refractivity contribution in [3.63, 3.8) is 0 Å². The van der Waals surface area contributed by atoms with Gasteiger partial charge in [-0.1, -0.05) is 6.92 Å². The highest BCUT2D eigenvalue weighted by atomic mass is 16.5. The van der Waals surface area contributed by atoms with Gasteiger partial charge in [0.05, 0.1) is 12.2 Å². The van der Waals surface area contributed by atoms with E-state index in [1.807, 2.05) is 0 Å². The fourth-order valence-electron chi connectivity index (χ4n) is 6.14. The summed E-state index contributed by atoms with van der Waals surface area (Å²) in [7, 11) is 0. The van der Waals surface area contributed by atoms with Crippen LogP contribution in [0.25, 0.3) is 0 Å². The molecule has 4 bridgehead atoms. The van der Waals surface area contributed by atoms with Crippen molar-refractivity contribution in [1.29, 1.82) is 0 Å². The van der Waals surface area contributed by atoms with Crippen LogP contribution in [0.2, 0.25) is 0 Å². The molecule has 0 aromatic heterocycles. The Hall–Kier alpha value is -0.0800. The Morgan fingerprint density at radius 2 is 1.72 bits per heavy atom. The summed E-state index contributed by atoms with van der Waals surface area (Å²) in [6, 6.07) is 0. The quantitative estimate of drug-likeness (QED) is 0.812. The molecule has 2 heteroatoms. The number of hydrogen-bond acceptors (Lipinski definition) is 2. The van der Waals surface area contributed by atoms with Crippen LogP contribution in [-0.2, 0) is 4.74 Å². The zero-order chi connectivity index (χ0) is 12.2. The molecule has 1 saturated heterocycles. The average Bonchev–Trinajstić information content (AvgIpc) is 2.38. The van der Waals surface area contributed by atoms with E-state index in [1.165, 1.54) is 32.1 Å². The van der Waals surface area contributed by atoms with Gasteiger partial charge in [-0.05, 0) is 68.1 Å². The molecular formula is C16H27NO. The van der Waals surface area contributed by atoms with Gasteiger partial charge < -0.3 is 10.1 Å². The molecule has 5 rings (SSSR count). The van der Waals surface area contributed by atoms with Crippen LogP contribution in [0.15, 0.2) is 0 Å². The molecule has 102 valence electrons. The van der Waals surface area contributed by atoms with E-state index in [4.69, 9.17) is 4.74 Å². The second-order valence-electron chi connectivity index (χ2n) is 7.40. The SMILES string of the molecule is CCC1(C2C3CC4CC(C3)CC2C4)CNCCO1. The highest BCUT2D eigenvalue weighted by Gasteiger charge is 2.55. The first-order valence-corrected chi connectivity index (χ1v) is 8.15. The van der Waals surface area contributed by atoms with Gasteiger partial charge >= 0.3 is 0 Å².